The smallest absolute Gasteiger partial charge is 0.410 e. The number of nitrogens with zero attached hydrogens (tertiary/aromatic N) is 5. The Kier molecular flexibility index (Phi) is 38.0. The summed E-state index contributed by atoms with van der Waals surface area (Å²) in [6, 6.07) is 14.6. The fourth-order valence-electron chi connectivity index (χ4n) is 5.82. The predicted octanol–water partition coefficient (Wildman–Crippen LogP) is 16.9. The van der Waals surface area contributed by atoms with Crippen molar-refractivity contribution in [2.75, 3.05) is 19.6 Å². The zero-order chi connectivity index (χ0) is 53.4. The van der Waals surface area contributed by atoms with Crippen LogP contribution in [0.1, 0.15) is 101 Å². The topological polar surface area (TPSA) is 110 Å². The maximum Gasteiger partial charge on any atom is 0.410 e. The standard InChI is InChI=1S/C15H14ClFN2.C13H16ClFN2O2.C8H8ClFN2.C3H4Cl2O2.C3H5I3.C3H6I2.C2H5.V/c16-15-13(17)8-12-10-19(7-6-14(12)18-15)9-11-4-2-1-3-5-11;1-13(2,3)19-12(18)17-5-4-10-8(7-17)6-9(15)11(14)16-10;9-8-6(10)3-5-4-11-2-1-7(5)12-8;1-2(4)7-3(5)6;1-2-3(4,5)6;1-2-3(4)5;1-2;/h1-5,8H,6-7,9-10H2;6H,4-5,7H2,1-3H3;3,11H,1-2,4H2;2H,1H3;2H2,1H3;3H,2H2,1H3;1H2,2H3;/q;;;;;;-1;. The van der Waals surface area contributed by atoms with Gasteiger partial charge in [0.1, 0.15) is 5.04 Å². The van der Waals surface area contributed by atoms with Gasteiger partial charge in [-0.2, -0.15) is 6.92 Å². The number of carbonyl (C=O) groups is 2. The summed E-state index contributed by atoms with van der Waals surface area (Å²) in [4.78, 5) is 37.6. The summed E-state index contributed by atoms with van der Waals surface area (Å²) >= 11 is 38.8. The molecule has 3 aliphatic rings. The van der Waals surface area contributed by atoms with Crippen LogP contribution in [0.3, 0.4) is 0 Å². The summed E-state index contributed by atoms with van der Waals surface area (Å²) in [5.74, 6) is -1.42. The average molecular weight is 1690 g/mol. The van der Waals surface area contributed by atoms with Gasteiger partial charge in [0.15, 0.2) is 38.5 Å². The number of rotatable bonds is 5. The molecular formula is C47H58Cl5F3I5N6O4V-. The van der Waals surface area contributed by atoms with E-state index >= 15 is 0 Å². The van der Waals surface area contributed by atoms with E-state index in [1.165, 1.54) is 43.5 Å². The second kappa shape index (κ2) is 37.6. The minimum absolute atomic E-state index is 0. The number of pyridine rings is 3. The molecule has 1 amide bonds. The molecule has 1 radical (unpaired) electrons. The Bertz CT molecular complexity index is 2200. The maximum absolute atomic E-state index is 13.4. The van der Waals surface area contributed by atoms with Crippen LogP contribution >= 0.6 is 171 Å². The van der Waals surface area contributed by atoms with Gasteiger partial charge in [-0.25, -0.2) is 37.7 Å². The third kappa shape index (κ3) is 31.1. The number of fused-ring (bicyclic) bond motifs is 3. The van der Waals surface area contributed by atoms with Crippen LogP contribution in [0, 0.1) is 24.4 Å². The number of benzene rings is 1. The van der Waals surface area contributed by atoms with E-state index in [1.54, 1.807) is 11.8 Å². The number of carbonyl (C=O) groups excluding carboxylic acids is 2. The van der Waals surface area contributed by atoms with E-state index in [1.807, 2.05) is 39.0 Å². The number of hydrogen-bond acceptors (Lipinski definition) is 9. The number of hydrogen-bond donors (Lipinski definition) is 1. The number of nitrogens with one attached hydrogen (secondary N) is 1. The molecule has 3 aliphatic heterocycles. The Morgan fingerprint density at radius 1 is 0.803 bits per heavy atom. The van der Waals surface area contributed by atoms with Crippen LogP contribution in [0.25, 0.3) is 0 Å². The van der Waals surface area contributed by atoms with Gasteiger partial charge in [-0.1, -0.05) is 204 Å². The molecule has 3 aromatic heterocycles. The molecule has 4 aromatic rings. The molecule has 0 saturated heterocycles. The number of alkyl halides is 6. The minimum Gasteiger partial charge on any atom is -0.444 e. The normalized spacial score (nSPS) is 13.9. The summed E-state index contributed by atoms with van der Waals surface area (Å²) in [5, 5.41) is 2.98. The van der Waals surface area contributed by atoms with E-state index in [2.05, 4.69) is 176 Å². The van der Waals surface area contributed by atoms with Crippen molar-refractivity contribution >= 4 is 182 Å². The van der Waals surface area contributed by atoms with Gasteiger partial charge >= 0.3 is 11.5 Å². The molecule has 7 rings (SSSR count). The fraction of sp³-hybridized carbons (Fsp3) is 0.489. The molecule has 1 aromatic carbocycles. The first-order chi connectivity index (χ1) is 32.7. The first-order valence-electron chi connectivity index (χ1n) is 21.7. The van der Waals surface area contributed by atoms with Crippen molar-refractivity contribution in [2.45, 2.75) is 119 Å². The summed E-state index contributed by atoms with van der Waals surface area (Å²) in [6.07, 6.45) is 4.32. The Labute approximate surface area is 523 Å². The fourth-order valence-corrected chi connectivity index (χ4v) is 6.55. The average Bonchev–Trinajstić information content (AvgIpc) is 3.28. The van der Waals surface area contributed by atoms with E-state index in [0.29, 0.717) is 31.1 Å². The molecule has 10 nitrogen and oxygen atoms in total. The molecule has 0 spiro atoms. The monoisotopic (exact) mass is 1690 g/mol. The summed E-state index contributed by atoms with van der Waals surface area (Å²) < 4.78 is 50.4. The van der Waals surface area contributed by atoms with E-state index in [-0.39, 0.29) is 34.0 Å². The number of amides is 1. The Morgan fingerprint density at radius 3 is 1.65 bits per heavy atom. The van der Waals surface area contributed by atoms with Gasteiger partial charge in [-0.05, 0) is 81.0 Å². The molecule has 1 unspecified atom stereocenters. The molecular weight excluding hydrogens is 1630 g/mol. The van der Waals surface area contributed by atoms with E-state index in [0.717, 1.165) is 69.2 Å². The SMILES string of the molecule is CC(C)(C)OC(=O)N1CCc2nc(Cl)c(F)cc2C1.CC(Cl)OC(=O)Cl.CCC(I)(I)I.CCC(I)I.Fc1cc2c(nc1Cl)CCN(Cc1ccccc1)C2.Fc1cc2c(nc1Cl)CCNC2.[CH2-]C.[V]. The molecule has 0 saturated carbocycles. The van der Waals surface area contributed by atoms with Gasteiger partial charge in [0.2, 0.25) is 0 Å². The molecule has 0 aliphatic carbocycles. The van der Waals surface area contributed by atoms with Crippen LogP contribution < -0.4 is 5.32 Å². The van der Waals surface area contributed by atoms with Crippen LogP contribution in [0.5, 0.6) is 0 Å². The molecule has 71 heavy (non-hydrogen) atoms. The van der Waals surface area contributed by atoms with Crippen molar-refractivity contribution in [2.24, 2.45) is 0 Å². The Balaban J connectivity index is 0.000000878. The summed E-state index contributed by atoms with van der Waals surface area (Å²) in [6.45, 7) is 21.2. The van der Waals surface area contributed by atoms with Gasteiger partial charge in [0.25, 0.3) is 0 Å². The number of aromatic nitrogens is 3. The first kappa shape index (κ1) is 71.8. The largest absolute Gasteiger partial charge is 0.444 e. The zero-order valence-electron chi connectivity index (χ0n) is 40.2. The third-order valence-corrected chi connectivity index (χ3v) is 14.1. The van der Waals surface area contributed by atoms with Crippen LogP contribution in [0.15, 0.2) is 48.5 Å². The third-order valence-electron chi connectivity index (χ3n) is 9.06. The second-order valence-corrected chi connectivity index (χ2v) is 34.9. The molecule has 0 fully saturated rings. The van der Waals surface area contributed by atoms with Crippen molar-refractivity contribution in [1.82, 2.24) is 30.1 Å². The molecule has 0 bridgehead atoms. The van der Waals surface area contributed by atoms with Crippen LogP contribution in [-0.2, 0) is 73.5 Å². The van der Waals surface area contributed by atoms with E-state index < -0.39 is 40.1 Å². The first-order valence-corrected chi connectivity index (χ1v) is 29.4. The van der Waals surface area contributed by atoms with Gasteiger partial charge in [0.05, 0.1) is 8.48 Å². The van der Waals surface area contributed by atoms with Crippen LogP contribution in [0.4, 0.5) is 22.8 Å². The van der Waals surface area contributed by atoms with Crippen molar-refractivity contribution < 1.29 is 50.8 Å². The van der Waals surface area contributed by atoms with Crippen molar-refractivity contribution in [3.8, 4) is 0 Å². The number of halogens is 13. The number of ether oxygens (including phenoxy) is 2. The van der Waals surface area contributed by atoms with Crippen LogP contribution in [0.2, 0.25) is 15.5 Å². The van der Waals surface area contributed by atoms with Crippen LogP contribution in [-0.4, -0.2) is 68.4 Å². The minimum atomic E-state index is -0.873. The molecule has 1 atom stereocenters. The Hall–Kier alpha value is 0.804. The van der Waals surface area contributed by atoms with Gasteiger partial charge in [-0.3, -0.25) is 4.90 Å². The quantitative estimate of drug-likeness (QED) is 0.0687. The van der Waals surface area contributed by atoms with Gasteiger partial charge in [-0.15, -0.1) is 0 Å². The van der Waals surface area contributed by atoms with Gasteiger partial charge < -0.3 is 26.6 Å². The second-order valence-electron chi connectivity index (χ2n) is 15.8. The van der Waals surface area contributed by atoms with Crippen molar-refractivity contribution in [3.63, 3.8) is 0 Å². The Morgan fingerprint density at radius 2 is 1.24 bits per heavy atom. The summed E-state index contributed by atoms with van der Waals surface area (Å²) in [5.41, 5.74) is 4.36. The van der Waals surface area contributed by atoms with Crippen molar-refractivity contribution in [1.29, 1.82) is 0 Å². The molecule has 397 valence electrons. The van der Waals surface area contributed by atoms with Gasteiger partial charge in [0, 0.05) is 106 Å². The van der Waals surface area contributed by atoms with Crippen molar-refractivity contribution in [3.05, 3.63) is 128 Å². The maximum atomic E-state index is 13.4. The molecule has 24 heteroatoms. The predicted molar refractivity (Wildman–Crippen MR) is 324 cm³/mol. The molecule has 6 heterocycles. The van der Waals surface area contributed by atoms with E-state index in [4.69, 9.17) is 62.7 Å². The molecule has 1 N–H and O–H groups in total. The zero-order valence-corrected chi connectivity index (χ0v) is 56.2. The summed E-state index contributed by atoms with van der Waals surface area (Å²) in [7, 11) is 0. The van der Waals surface area contributed by atoms with E-state index in [9.17, 15) is 22.8 Å².